The molecule has 6 atom stereocenters. The van der Waals surface area contributed by atoms with E-state index in [-0.39, 0.29) is 7.12 Å². The molecule has 3 nitrogen and oxygen atoms in total. The minimum atomic E-state index is -1.55. The summed E-state index contributed by atoms with van der Waals surface area (Å²) in [5.41, 5.74) is 3.44. The second-order valence-corrected chi connectivity index (χ2v) is 15.0. The van der Waals surface area contributed by atoms with Crippen LogP contribution < -0.4 is 4.43 Å². The molecule has 0 aromatic heterocycles. The number of hydrogen-bond donors (Lipinski definition) is 0. The predicted molar refractivity (Wildman–Crippen MR) is 112 cm³/mol. The molecule has 1 aliphatic heterocycles. The molecule has 1 saturated heterocycles. The molecule has 4 aliphatic rings. The Balaban J connectivity index is 1.41. The van der Waals surface area contributed by atoms with E-state index in [4.69, 9.17) is 13.7 Å². The molecule has 0 N–H and O–H groups in total. The monoisotopic (exact) mass is 384 g/mol. The van der Waals surface area contributed by atoms with Gasteiger partial charge >= 0.3 is 7.12 Å². The SMILES string of the molecule is CB1O[C@H]2C[C@H]3[C@@H]4CCc5cc(O[Si](C)(C)C)ccc5[C@H]4CC[C@]3(C)[C@H]2O1. The van der Waals surface area contributed by atoms with Crippen LogP contribution in [0.1, 0.15) is 49.7 Å². The predicted octanol–water partition coefficient (Wildman–Crippen LogP) is 5.27. The Morgan fingerprint density at radius 2 is 2.00 bits per heavy atom. The zero-order chi connectivity index (χ0) is 19.0. The topological polar surface area (TPSA) is 27.7 Å². The molecule has 1 heterocycles. The average Bonchev–Trinajstić information content (AvgIpc) is 3.08. The largest absolute Gasteiger partial charge is 0.544 e. The van der Waals surface area contributed by atoms with Crippen molar-refractivity contribution in [1.82, 2.24) is 0 Å². The normalized spacial score (nSPS) is 40.2. The van der Waals surface area contributed by atoms with Gasteiger partial charge in [-0.15, -0.1) is 0 Å². The third-order valence-electron chi connectivity index (χ3n) is 7.74. The van der Waals surface area contributed by atoms with E-state index in [1.54, 1.807) is 5.56 Å². The van der Waals surface area contributed by atoms with E-state index in [0.29, 0.717) is 23.5 Å². The maximum absolute atomic E-state index is 6.26. The number of aryl methyl sites for hydroxylation is 1. The highest BCUT2D eigenvalue weighted by atomic mass is 28.4. The highest BCUT2D eigenvalue weighted by Gasteiger charge is 2.62. The Hall–Kier alpha value is -0.778. The fourth-order valence-electron chi connectivity index (χ4n) is 6.77. The highest BCUT2D eigenvalue weighted by molar-refractivity contribution is 6.70. The van der Waals surface area contributed by atoms with Gasteiger partial charge in [0.05, 0.1) is 12.2 Å². The maximum Gasteiger partial charge on any atom is 0.454 e. The van der Waals surface area contributed by atoms with Crippen molar-refractivity contribution in [3.05, 3.63) is 29.3 Å². The Morgan fingerprint density at radius 1 is 1.19 bits per heavy atom. The fourth-order valence-corrected chi connectivity index (χ4v) is 7.61. The summed E-state index contributed by atoms with van der Waals surface area (Å²) in [6.07, 6.45) is 6.89. The molecule has 146 valence electrons. The summed E-state index contributed by atoms with van der Waals surface area (Å²) in [6, 6.07) is 6.95. The lowest BCUT2D eigenvalue weighted by molar-refractivity contribution is -0.00802. The second kappa shape index (κ2) is 6.11. The van der Waals surface area contributed by atoms with Gasteiger partial charge in [-0.05, 0) is 105 Å². The van der Waals surface area contributed by atoms with Crippen molar-refractivity contribution in [2.45, 2.75) is 83.6 Å². The van der Waals surface area contributed by atoms with Crippen molar-refractivity contribution in [3.63, 3.8) is 0 Å². The van der Waals surface area contributed by atoms with E-state index in [1.807, 2.05) is 0 Å². The molecule has 0 amide bonds. The van der Waals surface area contributed by atoms with Gasteiger partial charge in [-0.25, -0.2) is 0 Å². The van der Waals surface area contributed by atoms with Gasteiger partial charge in [0.15, 0.2) is 0 Å². The molecule has 0 bridgehead atoms. The first-order valence-corrected chi connectivity index (χ1v) is 14.3. The van der Waals surface area contributed by atoms with Gasteiger partial charge in [-0.2, -0.15) is 0 Å². The summed E-state index contributed by atoms with van der Waals surface area (Å²) in [7, 11) is -1.57. The van der Waals surface area contributed by atoms with E-state index >= 15 is 0 Å². The maximum atomic E-state index is 6.26. The van der Waals surface area contributed by atoms with Crippen LogP contribution in [-0.2, 0) is 15.7 Å². The van der Waals surface area contributed by atoms with Gasteiger partial charge in [0, 0.05) is 0 Å². The summed E-state index contributed by atoms with van der Waals surface area (Å²) in [4.78, 5) is 0. The lowest BCUT2D eigenvalue weighted by atomic mass is 9.55. The Labute approximate surface area is 165 Å². The van der Waals surface area contributed by atoms with E-state index in [9.17, 15) is 0 Å². The third kappa shape index (κ3) is 2.92. The molecule has 0 spiro atoms. The van der Waals surface area contributed by atoms with E-state index in [2.05, 4.69) is 51.6 Å². The van der Waals surface area contributed by atoms with Crippen LogP contribution in [0.15, 0.2) is 18.2 Å². The lowest BCUT2D eigenvalue weighted by Crippen LogP contribution is -2.45. The molecule has 0 radical (unpaired) electrons. The number of benzene rings is 1. The molecule has 5 heteroatoms. The van der Waals surface area contributed by atoms with Gasteiger partial charge in [-0.1, -0.05) is 13.0 Å². The molecule has 1 aromatic carbocycles. The van der Waals surface area contributed by atoms with Crippen LogP contribution in [0.3, 0.4) is 0 Å². The fraction of sp³-hybridized carbons (Fsp3) is 0.727. The molecule has 27 heavy (non-hydrogen) atoms. The van der Waals surface area contributed by atoms with Gasteiger partial charge in [-0.3, -0.25) is 0 Å². The summed E-state index contributed by atoms with van der Waals surface area (Å²) in [5.74, 6) is 3.32. The van der Waals surface area contributed by atoms with Crippen molar-refractivity contribution in [1.29, 1.82) is 0 Å². The average molecular weight is 384 g/mol. The van der Waals surface area contributed by atoms with Gasteiger partial charge in [0.1, 0.15) is 5.75 Å². The van der Waals surface area contributed by atoms with Crippen molar-refractivity contribution in [2.24, 2.45) is 17.3 Å². The van der Waals surface area contributed by atoms with Crippen molar-refractivity contribution in [3.8, 4) is 5.75 Å². The van der Waals surface area contributed by atoms with Crippen LogP contribution in [0.25, 0.3) is 0 Å². The number of rotatable bonds is 2. The summed E-state index contributed by atoms with van der Waals surface area (Å²) < 4.78 is 18.6. The minimum absolute atomic E-state index is 0.0210. The smallest absolute Gasteiger partial charge is 0.454 e. The Kier molecular flexibility index (Phi) is 4.13. The lowest BCUT2D eigenvalue weighted by Gasteiger charge is -2.50. The van der Waals surface area contributed by atoms with E-state index in [0.717, 1.165) is 17.6 Å². The number of hydrogen-bond acceptors (Lipinski definition) is 3. The molecule has 3 aliphatic carbocycles. The standard InChI is InChI=1S/C22H33BO3Si/c1-22-11-10-17-16-9-7-15(26-27(3,4)5)12-14(16)6-8-18(17)19(22)13-20-21(22)25-23(2)24-20/h7,9,12,17-21H,6,8,10-11,13H2,1-5H3/t17-,18-,19+,20+,21+,22+/m1/s1. The van der Waals surface area contributed by atoms with Crippen LogP contribution in [0, 0.1) is 17.3 Å². The molecular weight excluding hydrogens is 351 g/mol. The first kappa shape index (κ1) is 18.3. The van der Waals surface area contributed by atoms with Gasteiger partial charge < -0.3 is 13.7 Å². The molecule has 3 fully saturated rings. The third-order valence-corrected chi connectivity index (χ3v) is 8.59. The summed E-state index contributed by atoms with van der Waals surface area (Å²) in [6.45, 7) is 11.3. The highest BCUT2D eigenvalue weighted by Crippen LogP contribution is 2.63. The molecule has 1 aromatic rings. The van der Waals surface area contributed by atoms with Gasteiger partial charge in [0.2, 0.25) is 8.32 Å². The number of fused-ring (bicyclic) bond motifs is 7. The quantitative estimate of drug-likeness (QED) is 0.651. The van der Waals surface area contributed by atoms with Crippen LogP contribution in [0.2, 0.25) is 26.5 Å². The Bertz CT molecular complexity index is 748. The van der Waals surface area contributed by atoms with Crippen molar-refractivity contribution >= 4 is 15.4 Å². The van der Waals surface area contributed by atoms with Gasteiger partial charge in [0.25, 0.3) is 0 Å². The zero-order valence-electron chi connectivity index (χ0n) is 17.5. The van der Waals surface area contributed by atoms with E-state index in [1.165, 1.54) is 37.7 Å². The summed E-state index contributed by atoms with van der Waals surface area (Å²) in [5, 5.41) is 0. The van der Waals surface area contributed by atoms with Crippen LogP contribution >= 0.6 is 0 Å². The van der Waals surface area contributed by atoms with Crippen molar-refractivity contribution in [2.75, 3.05) is 0 Å². The zero-order valence-corrected chi connectivity index (χ0v) is 18.5. The summed E-state index contributed by atoms with van der Waals surface area (Å²) >= 11 is 0. The van der Waals surface area contributed by atoms with Crippen LogP contribution in [0.4, 0.5) is 0 Å². The van der Waals surface area contributed by atoms with Crippen molar-refractivity contribution < 1.29 is 13.7 Å². The van der Waals surface area contributed by atoms with E-state index < -0.39 is 8.32 Å². The van der Waals surface area contributed by atoms with Crippen LogP contribution in [-0.4, -0.2) is 27.6 Å². The Morgan fingerprint density at radius 3 is 2.78 bits per heavy atom. The molecule has 2 saturated carbocycles. The minimum Gasteiger partial charge on any atom is -0.544 e. The first-order chi connectivity index (χ1) is 12.7. The first-order valence-electron chi connectivity index (χ1n) is 10.9. The molecular formula is C22H33BO3Si. The molecule has 0 unspecified atom stereocenters. The van der Waals surface area contributed by atoms with Crippen LogP contribution in [0.5, 0.6) is 5.75 Å². The second-order valence-electron chi connectivity index (χ2n) is 10.6. The molecule has 5 rings (SSSR count).